The Hall–Kier alpha value is -2.69. The van der Waals surface area contributed by atoms with Crippen LogP contribution >= 0.6 is 0 Å². The van der Waals surface area contributed by atoms with Crippen LogP contribution in [0.4, 0.5) is 0 Å². The number of hydrogen-bond donors (Lipinski definition) is 2. The molecule has 2 rings (SSSR count). The van der Waals surface area contributed by atoms with Crippen molar-refractivity contribution >= 4 is 11.9 Å². The molecule has 0 saturated heterocycles. The van der Waals surface area contributed by atoms with Crippen molar-refractivity contribution in [2.75, 3.05) is 0 Å². The van der Waals surface area contributed by atoms with Crippen LogP contribution in [-0.2, 0) is 11.2 Å². The van der Waals surface area contributed by atoms with Crippen LogP contribution in [0.5, 0.6) is 0 Å². The van der Waals surface area contributed by atoms with E-state index >= 15 is 0 Å². The van der Waals surface area contributed by atoms with Gasteiger partial charge in [-0.15, -0.1) is 0 Å². The van der Waals surface area contributed by atoms with E-state index in [-0.39, 0.29) is 23.9 Å². The van der Waals surface area contributed by atoms with Crippen LogP contribution < -0.4 is 5.32 Å². The number of benzene rings is 1. The normalized spacial score (nSPS) is 11.7. The van der Waals surface area contributed by atoms with Gasteiger partial charge >= 0.3 is 5.97 Å². The number of aromatic nitrogens is 1. The molecule has 1 unspecified atom stereocenters. The molecule has 0 radical (unpaired) electrons. The second-order valence-corrected chi connectivity index (χ2v) is 4.68. The van der Waals surface area contributed by atoms with Crippen molar-refractivity contribution in [2.24, 2.45) is 0 Å². The highest BCUT2D eigenvalue weighted by Gasteiger charge is 2.15. The Bertz CT molecular complexity index is 641. The Kier molecular flexibility index (Phi) is 4.66. The van der Waals surface area contributed by atoms with Gasteiger partial charge in [0.1, 0.15) is 0 Å². The summed E-state index contributed by atoms with van der Waals surface area (Å²) in [5, 5.41) is 11.9. The molecule has 0 aliphatic rings. The minimum atomic E-state index is -1.03. The molecule has 0 aliphatic carbocycles. The fraction of sp³-hybridized carbons (Fsp3) is 0.188. The van der Waals surface area contributed by atoms with E-state index in [1.165, 1.54) is 6.07 Å². The first-order valence-electron chi connectivity index (χ1n) is 6.59. The van der Waals surface area contributed by atoms with E-state index in [2.05, 4.69) is 10.3 Å². The van der Waals surface area contributed by atoms with E-state index in [9.17, 15) is 9.59 Å². The molecule has 1 aromatic carbocycles. The van der Waals surface area contributed by atoms with Gasteiger partial charge in [-0.05, 0) is 30.7 Å². The van der Waals surface area contributed by atoms with Gasteiger partial charge < -0.3 is 10.4 Å². The lowest BCUT2D eigenvalue weighted by Gasteiger charge is -2.13. The van der Waals surface area contributed by atoms with Crippen LogP contribution in [0.1, 0.15) is 34.6 Å². The predicted molar refractivity (Wildman–Crippen MR) is 77.9 cm³/mol. The van der Waals surface area contributed by atoms with Crippen molar-refractivity contribution in [3.05, 3.63) is 65.5 Å². The van der Waals surface area contributed by atoms with E-state index in [0.717, 1.165) is 5.69 Å². The summed E-state index contributed by atoms with van der Waals surface area (Å²) in [6.07, 6.45) is 1.69. The SMILES string of the molecule is CC(NC(=O)Cc1ccccc1C(=O)O)c1ccccn1. The lowest BCUT2D eigenvalue weighted by atomic mass is 10.0. The van der Waals surface area contributed by atoms with E-state index in [1.54, 1.807) is 30.5 Å². The first kappa shape index (κ1) is 14.7. The van der Waals surface area contributed by atoms with Gasteiger partial charge in [-0.25, -0.2) is 4.79 Å². The summed E-state index contributed by atoms with van der Waals surface area (Å²) in [6, 6.07) is 11.8. The summed E-state index contributed by atoms with van der Waals surface area (Å²) in [5.41, 5.74) is 1.41. The second kappa shape index (κ2) is 6.65. The number of nitrogens with one attached hydrogen (secondary N) is 1. The zero-order chi connectivity index (χ0) is 15.2. The van der Waals surface area contributed by atoms with Crippen LogP contribution in [0.15, 0.2) is 48.7 Å². The lowest BCUT2D eigenvalue weighted by Crippen LogP contribution is -2.29. The third-order valence-electron chi connectivity index (χ3n) is 3.11. The minimum Gasteiger partial charge on any atom is -0.478 e. The molecule has 0 bridgehead atoms. The number of hydrogen-bond acceptors (Lipinski definition) is 3. The monoisotopic (exact) mass is 284 g/mol. The molecule has 108 valence electrons. The van der Waals surface area contributed by atoms with Crippen LogP contribution in [0.2, 0.25) is 0 Å². The molecule has 0 spiro atoms. The van der Waals surface area contributed by atoms with E-state index in [0.29, 0.717) is 5.56 Å². The minimum absolute atomic E-state index is 0.0274. The summed E-state index contributed by atoms with van der Waals surface area (Å²) in [5.74, 6) is -1.27. The van der Waals surface area contributed by atoms with Crippen molar-refractivity contribution in [3.8, 4) is 0 Å². The number of rotatable bonds is 5. The van der Waals surface area contributed by atoms with Gasteiger partial charge in [-0.1, -0.05) is 24.3 Å². The molecule has 1 atom stereocenters. The summed E-state index contributed by atoms with van der Waals surface area (Å²) in [7, 11) is 0. The highest BCUT2D eigenvalue weighted by molar-refractivity contribution is 5.91. The number of nitrogens with zero attached hydrogens (tertiary/aromatic N) is 1. The maximum atomic E-state index is 12.0. The molecule has 5 nitrogen and oxygen atoms in total. The number of aromatic carboxylic acids is 1. The van der Waals surface area contributed by atoms with Crippen molar-refractivity contribution in [1.82, 2.24) is 10.3 Å². The average molecular weight is 284 g/mol. The summed E-state index contributed by atoms with van der Waals surface area (Å²) < 4.78 is 0. The maximum Gasteiger partial charge on any atom is 0.335 e. The molecular weight excluding hydrogens is 268 g/mol. The largest absolute Gasteiger partial charge is 0.478 e. The van der Waals surface area contributed by atoms with Gasteiger partial charge in [0.05, 0.1) is 23.7 Å². The summed E-state index contributed by atoms with van der Waals surface area (Å²) in [4.78, 5) is 27.3. The fourth-order valence-electron chi connectivity index (χ4n) is 2.05. The number of carboxylic acids is 1. The molecule has 0 fully saturated rings. The number of amides is 1. The van der Waals surface area contributed by atoms with Crippen LogP contribution in [0.25, 0.3) is 0 Å². The first-order valence-corrected chi connectivity index (χ1v) is 6.59. The van der Waals surface area contributed by atoms with Gasteiger partial charge in [0.25, 0.3) is 0 Å². The molecule has 0 aliphatic heterocycles. The van der Waals surface area contributed by atoms with E-state index in [1.807, 2.05) is 19.1 Å². The molecule has 1 heterocycles. The summed E-state index contributed by atoms with van der Waals surface area (Å²) in [6.45, 7) is 1.84. The Morgan fingerprint density at radius 2 is 1.90 bits per heavy atom. The smallest absolute Gasteiger partial charge is 0.335 e. The molecule has 21 heavy (non-hydrogen) atoms. The quantitative estimate of drug-likeness (QED) is 0.882. The van der Waals surface area contributed by atoms with E-state index < -0.39 is 5.97 Å². The predicted octanol–water partition coefficient (Wildman–Crippen LogP) is 2.20. The van der Waals surface area contributed by atoms with Crippen LogP contribution in [0.3, 0.4) is 0 Å². The maximum absolute atomic E-state index is 12.0. The fourth-order valence-corrected chi connectivity index (χ4v) is 2.05. The van der Waals surface area contributed by atoms with Crippen molar-refractivity contribution in [2.45, 2.75) is 19.4 Å². The Morgan fingerprint density at radius 1 is 1.19 bits per heavy atom. The van der Waals surface area contributed by atoms with Crippen LogP contribution in [-0.4, -0.2) is 22.0 Å². The standard InChI is InChI=1S/C16H16N2O3/c1-11(14-8-4-5-9-17-14)18-15(19)10-12-6-2-3-7-13(12)16(20)21/h2-9,11H,10H2,1H3,(H,18,19)(H,20,21). The second-order valence-electron chi connectivity index (χ2n) is 4.68. The highest BCUT2D eigenvalue weighted by atomic mass is 16.4. The van der Waals surface area contributed by atoms with Gasteiger partial charge in [-0.3, -0.25) is 9.78 Å². The summed E-state index contributed by atoms with van der Waals surface area (Å²) >= 11 is 0. The average Bonchev–Trinajstić information content (AvgIpc) is 2.48. The lowest BCUT2D eigenvalue weighted by molar-refractivity contribution is -0.121. The molecule has 1 amide bonds. The van der Waals surface area contributed by atoms with Gasteiger partial charge in [0.15, 0.2) is 0 Å². The first-order chi connectivity index (χ1) is 10.1. The highest BCUT2D eigenvalue weighted by Crippen LogP contribution is 2.12. The molecule has 1 aromatic heterocycles. The van der Waals surface area contributed by atoms with Gasteiger partial charge in [0, 0.05) is 6.20 Å². The topological polar surface area (TPSA) is 79.3 Å². The third kappa shape index (κ3) is 3.89. The van der Waals surface area contributed by atoms with Gasteiger partial charge in [0.2, 0.25) is 5.91 Å². The van der Waals surface area contributed by atoms with Crippen molar-refractivity contribution < 1.29 is 14.7 Å². The Balaban J connectivity index is 2.04. The molecule has 2 aromatic rings. The van der Waals surface area contributed by atoms with Crippen LogP contribution in [0, 0.1) is 0 Å². The number of pyridine rings is 1. The van der Waals surface area contributed by atoms with Gasteiger partial charge in [-0.2, -0.15) is 0 Å². The number of carbonyl (C=O) groups excluding carboxylic acids is 1. The Labute approximate surface area is 122 Å². The zero-order valence-corrected chi connectivity index (χ0v) is 11.6. The number of carboxylic acid groups (broad SMARTS) is 1. The van der Waals surface area contributed by atoms with E-state index in [4.69, 9.17) is 5.11 Å². The molecule has 0 saturated carbocycles. The molecule has 5 heteroatoms. The van der Waals surface area contributed by atoms with Crippen molar-refractivity contribution in [3.63, 3.8) is 0 Å². The molecular formula is C16H16N2O3. The number of carbonyl (C=O) groups is 2. The Morgan fingerprint density at radius 3 is 2.57 bits per heavy atom. The van der Waals surface area contributed by atoms with Crippen molar-refractivity contribution in [1.29, 1.82) is 0 Å². The molecule has 2 N–H and O–H groups in total. The third-order valence-corrected chi connectivity index (χ3v) is 3.11. The zero-order valence-electron chi connectivity index (χ0n) is 11.6.